The van der Waals surface area contributed by atoms with Gasteiger partial charge in [-0.15, -0.1) is 0 Å². The fraction of sp³-hybridized carbons (Fsp3) is 0.222. The molecule has 0 bridgehead atoms. The highest BCUT2D eigenvalue weighted by atomic mass is 16.5. The van der Waals surface area contributed by atoms with E-state index in [2.05, 4.69) is 21.3 Å². The van der Waals surface area contributed by atoms with Gasteiger partial charge in [0.1, 0.15) is 11.8 Å². The molecular formula is C27H30N4O4. The molecule has 3 aromatic carbocycles. The molecule has 1 atom stereocenters. The topological polar surface area (TPSA) is 109 Å². The minimum Gasteiger partial charge on any atom is -0.497 e. The van der Waals surface area contributed by atoms with Crippen LogP contribution in [0, 0.1) is 0 Å². The maximum atomic E-state index is 12.9. The molecule has 8 heteroatoms. The van der Waals surface area contributed by atoms with Crippen LogP contribution in [0.4, 0.5) is 16.2 Å². The van der Waals surface area contributed by atoms with Crippen molar-refractivity contribution in [2.75, 3.05) is 30.8 Å². The third kappa shape index (κ3) is 8.19. The maximum Gasteiger partial charge on any atom is 0.319 e. The Morgan fingerprint density at radius 3 is 2.11 bits per heavy atom. The Kier molecular flexibility index (Phi) is 9.24. The fourth-order valence-electron chi connectivity index (χ4n) is 3.40. The highest BCUT2D eigenvalue weighted by Gasteiger charge is 2.21. The molecule has 0 aliphatic rings. The molecule has 0 aliphatic heterocycles. The van der Waals surface area contributed by atoms with E-state index in [1.165, 1.54) is 6.92 Å². The van der Waals surface area contributed by atoms with Crippen LogP contribution < -0.4 is 26.0 Å². The lowest BCUT2D eigenvalue weighted by Crippen LogP contribution is -2.50. The molecule has 0 aliphatic carbocycles. The van der Waals surface area contributed by atoms with Crippen LogP contribution >= 0.6 is 0 Å². The van der Waals surface area contributed by atoms with Crippen LogP contribution in [0.3, 0.4) is 0 Å². The first kappa shape index (κ1) is 25.3. The molecule has 0 fully saturated rings. The second kappa shape index (κ2) is 12.8. The van der Waals surface area contributed by atoms with Gasteiger partial charge in [-0.05, 0) is 61.0 Å². The number of hydrogen-bond acceptors (Lipinski definition) is 5. The number of carbonyl (C=O) groups excluding carboxylic acids is 3. The summed E-state index contributed by atoms with van der Waals surface area (Å²) in [6, 6.07) is 22.3. The van der Waals surface area contributed by atoms with E-state index in [9.17, 15) is 14.4 Å². The number of benzene rings is 3. The van der Waals surface area contributed by atoms with Crippen molar-refractivity contribution in [3.63, 3.8) is 0 Å². The van der Waals surface area contributed by atoms with Crippen molar-refractivity contribution < 1.29 is 19.1 Å². The van der Waals surface area contributed by atoms with E-state index < -0.39 is 12.1 Å². The SMILES string of the molecule is COc1ccc(NCCNC(=O)[C@H](Cc2ccccc2)NC(=O)Nc2ccc(C(C)=O)cc2)cc1. The summed E-state index contributed by atoms with van der Waals surface area (Å²) < 4.78 is 5.15. The third-order valence-corrected chi connectivity index (χ3v) is 5.30. The molecule has 3 aromatic rings. The number of carbonyl (C=O) groups is 3. The van der Waals surface area contributed by atoms with E-state index in [0.29, 0.717) is 30.8 Å². The summed E-state index contributed by atoms with van der Waals surface area (Å²) in [7, 11) is 1.61. The van der Waals surface area contributed by atoms with Gasteiger partial charge in [0.05, 0.1) is 7.11 Å². The Labute approximate surface area is 205 Å². The minimum absolute atomic E-state index is 0.0536. The van der Waals surface area contributed by atoms with E-state index in [1.54, 1.807) is 31.4 Å². The molecule has 0 saturated carbocycles. The van der Waals surface area contributed by atoms with Crippen LogP contribution in [-0.4, -0.2) is 44.0 Å². The van der Waals surface area contributed by atoms with Gasteiger partial charge in [-0.25, -0.2) is 4.79 Å². The maximum absolute atomic E-state index is 12.9. The third-order valence-electron chi connectivity index (χ3n) is 5.30. The fourth-order valence-corrected chi connectivity index (χ4v) is 3.40. The van der Waals surface area contributed by atoms with Crippen molar-refractivity contribution in [2.24, 2.45) is 0 Å². The van der Waals surface area contributed by atoms with Crippen LogP contribution in [0.25, 0.3) is 0 Å². The lowest BCUT2D eigenvalue weighted by molar-refractivity contribution is -0.122. The van der Waals surface area contributed by atoms with Crippen molar-refractivity contribution in [3.05, 3.63) is 90.0 Å². The van der Waals surface area contributed by atoms with Gasteiger partial charge >= 0.3 is 6.03 Å². The summed E-state index contributed by atoms with van der Waals surface area (Å²) in [5.74, 6) is 0.432. The lowest BCUT2D eigenvalue weighted by Gasteiger charge is -2.19. The van der Waals surface area contributed by atoms with E-state index >= 15 is 0 Å². The molecule has 182 valence electrons. The van der Waals surface area contributed by atoms with Crippen molar-refractivity contribution in [1.29, 1.82) is 0 Å². The van der Waals surface area contributed by atoms with Crippen molar-refractivity contribution in [1.82, 2.24) is 10.6 Å². The van der Waals surface area contributed by atoms with E-state index in [1.807, 2.05) is 54.6 Å². The van der Waals surface area contributed by atoms with Gasteiger partial charge in [0.25, 0.3) is 0 Å². The van der Waals surface area contributed by atoms with Crippen LogP contribution in [-0.2, 0) is 11.2 Å². The Morgan fingerprint density at radius 1 is 0.829 bits per heavy atom. The van der Waals surface area contributed by atoms with Crippen LogP contribution in [0.1, 0.15) is 22.8 Å². The molecule has 0 saturated heterocycles. The Morgan fingerprint density at radius 2 is 1.49 bits per heavy atom. The number of nitrogens with one attached hydrogen (secondary N) is 4. The van der Waals surface area contributed by atoms with Gasteiger partial charge in [-0.2, -0.15) is 0 Å². The highest BCUT2D eigenvalue weighted by molar-refractivity contribution is 5.96. The first-order chi connectivity index (χ1) is 16.9. The van der Waals surface area contributed by atoms with Crippen LogP contribution in [0.2, 0.25) is 0 Å². The number of ketones is 1. The van der Waals surface area contributed by atoms with E-state index in [-0.39, 0.29) is 11.7 Å². The van der Waals surface area contributed by atoms with E-state index in [4.69, 9.17) is 4.74 Å². The average Bonchev–Trinajstić information content (AvgIpc) is 2.87. The largest absolute Gasteiger partial charge is 0.497 e. The molecule has 0 aromatic heterocycles. The summed E-state index contributed by atoms with van der Waals surface area (Å²) >= 11 is 0. The standard InChI is InChI=1S/C27H30N4O4/c1-19(32)21-8-10-23(11-9-21)30-27(34)31-25(18-20-6-4-3-5-7-20)26(33)29-17-16-28-22-12-14-24(35-2)15-13-22/h3-15,25,28H,16-18H2,1-2H3,(H,29,33)(H2,30,31,34)/t25-/m0/s1. The Bertz CT molecular complexity index is 1120. The monoisotopic (exact) mass is 474 g/mol. The molecule has 8 nitrogen and oxygen atoms in total. The Balaban J connectivity index is 1.56. The first-order valence-corrected chi connectivity index (χ1v) is 11.3. The van der Waals surface area contributed by atoms with E-state index in [0.717, 1.165) is 17.0 Å². The number of ether oxygens (including phenoxy) is 1. The van der Waals surface area contributed by atoms with Crippen LogP contribution in [0.15, 0.2) is 78.9 Å². The molecule has 35 heavy (non-hydrogen) atoms. The van der Waals surface area contributed by atoms with Gasteiger partial charge in [0, 0.05) is 36.4 Å². The van der Waals surface area contributed by atoms with Crippen molar-refractivity contribution in [2.45, 2.75) is 19.4 Å². The number of hydrogen-bond donors (Lipinski definition) is 4. The predicted octanol–water partition coefficient (Wildman–Crippen LogP) is 3.86. The van der Waals surface area contributed by atoms with Gasteiger partial charge in [0.15, 0.2) is 5.78 Å². The zero-order valence-electron chi connectivity index (χ0n) is 19.8. The molecular weight excluding hydrogens is 444 g/mol. The summed E-state index contributed by atoms with van der Waals surface area (Å²) in [5, 5.41) is 11.6. The minimum atomic E-state index is -0.769. The molecule has 0 spiro atoms. The van der Waals surface area contributed by atoms with Crippen LogP contribution in [0.5, 0.6) is 5.75 Å². The zero-order valence-corrected chi connectivity index (χ0v) is 19.8. The molecule has 3 amide bonds. The number of rotatable bonds is 11. The molecule has 4 N–H and O–H groups in total. The number of methoxy groups -OCH3 is 1. The van der Waals surface area contributed by atoms with Gasteiger partial charge < -0.3 is 26.0 Å². The summed E-state index contributed by atoms with van der Waals surface area (Å²) in [6.45, 7) is 2.38. The molecule has 3 rings (SSSR count). The second-order valence-corrected chi connectivity index (χ2v) is 7.92. The van der Waals surface area contributed by atoms with Gasteiger partial charge in [-0.1, -0.05) is 30.3 Å². The zero-order chi connectivity index (χ0) is 25.0. The summed E-state index contributed by atoms with van der Waals surface area (Å²) in [4.78, 5) is 37.0. The van der Waals surface area contributed by atoms with Gasteiger partial charge in [0.2, 0.25) is 5.91 Å². The number of anilines is 2. The molecule has 0 radical (unpaired) electrons. The van der Waals surface area contributed by atoms with Crippen molar-refractivity contribution in [3.8, 4) is 5.75 Å². The second-order valence-electron chi connectivity index (χ2n) is 7.92. The number of urea groups is 1. The smallest absolute Gasteiger partial charge is 0.319 e. The summed E-state index contributed by atoms with van der Waals surface area (Å²) in [6.07, 6.45) is 0.343. The summed E-state index contributed by atoms with van der Waals surface area (Å²) in [5.41, 5.74) is 2.92. The quantitative estimate of drug-likeness (QED) is 0.249. The number of amides is 3. The predicted molar refractivity (Wildman–Crippen MR) is 137 cm³/mol. The highest BCUT2D eigenvalue weighted by Crippen LogP contribution is 2.14. The Hall–Kier alpha value is -4.33. The van der Waals surface area contributed by atoms with Crippen molar-refractivity contribution >= 4 is 29.1 Å². The lowest BCUT2D eigenvalue weighted by atomic mass is 10.1. The van der Waals surface area contributed by atoms with Gasteiger partial charge in [-0.3, -0.25) is 9.59 Å². The molecule has 0 unspecified atom stereocenters. The number of Topliss-reactive ketones (excluding diaryl/α,β-unsaturated/α-hetero) is 1. The first-order valence-electron chi connectivity index (χ1n) is 11.3. The average molecular weight is 475 g/mol. The molecule has 0 heterocycles. The normalized spacial score (nSPS) is 11.1.